The van der Waals surface area contributed by atoms with Crippen LogP contribution in [0.1, 0.15) is 81.6 Å². The zero-order valence-corrected chi connectivity index (χ0v) is 30.2. The van der Waals surface area contributed by atoms with Crippen molar-refractivity contribution in [3.8, 4) is 0 Å². The maximum absolute atomic E-state index is 13.5. The van der Waals surface area contributed by atoms with E-state index in [1.807, 2.05) is 27.7 Å². The predicted molar refractivity (Wildman–Crippen MR) is 173 cm³/mol. The molecular formula is C36H50O14. The van der Waals surface area contributed by atoms with Crippen molar-refractivity contribution in [2.45, 2.75) is 123 Å². The molecule has 0 unspecified atom stereocenters. The van der Waals surface area contributed by atoms with Crippen molar-refractivity contribution < 1.29 is 67.0 Å². The van der Waals surface area contributed by atoms with Gasteiger partial charge in [-0.25, -0.2) is 0 Å². The van der Waals surface area contributed by atoms with E-state index in [-0.39, 0.29) is 49.9 Å². The molecule has 0 aromatic heterocycles. The average Bonchev–Trinajstić information content (AvgIpc) is 3.73. The van der Waals surface area contributed by atoms with Crippen LogP contribution >= 0.6 is 0 Å². The van der Waals surface area contributed by atoms with E-state index in [9.17, 15) is 33.9 Å². The van der Waals surface area contributed by atoms with E-state index in [1.165, 1.54) is 39.0 Å². The molecule has 1 saturated carbocycles. The van der Waals surface area contributed by atoms with E-state index in [4.69, 9.17) is 33.2 Å². The fourth-order valence-electron chi connectivity index (χ4n) is 7.60. The zero-order valence-electron chi connectivity index (χ0n) is 30.2. The van der Waals surface area contributed by atoms with Crippen molar-refractivity contribution in [2.75, 3.05) is 13.2 Å². The Labute approximate surface area is 292 Å². The molecule has 4 rings (SSSR count). The molecule has 2 aliphatic carbocycles. The van der Waals surface area contributed by atoms with Gasteiger partial charge in [-0.3, -0.25) is 28.8 Å². The van der Waals surface area contributed by atoms with Gasteiger partial charge in [0.15, 0.2) is 11.7 Å². The van der Waals surface area contributed by atoms with Crippen molar-refractivity contribution in [2.24, 2.45) is 29.1 Å². The number of aliphatic hydroxyl groups is 1. The predicted octanol–water partition coefficient (Wildman–Crippen LogP) is 2.91. The minimum Gasteiger partial charge on any atom is -0.461 e. The van der Waals surface area contributed by atoms with Crippen LogP contribution in [0.3, 0.4) is 0 Å². The van der Waals surface area contributed by atoms with Crippen LogP contribution in [-0.2, 0) is 61.9 Å². The maximum Gasteiger partial charge on any atom is 0.312 e. The van der Waals surface area contributed by atoms with Crippen molar-refractivity contribution in [1.82, 2.24) is 0 Å². The van der Waals surface area contributed by atoms with Crippen molar-refractivity contribution >= 4 is 35.8 Å². The molecule has 2 saturated heterocycles. The second-order valence-corrected chi connectivity index (χ2v) is 14.9. The topological polar surface area (TPSA) is 191 Å². The molecule has 3 fully saturated rings. The Bertz CT molecular complexity index is 1430. The van der Waals surface area contributed by atoms with Crippen LogP contribution < -0.4 is 0 Å². The first-order chi connectivity index (χ1) is 23.2. The van der Waals surface area contributed by atoms with Gasteiger partial charge in [-0.15, -0.1) is 0 Å². The Morgan fingerprint density at radius 1 is 0.900 bits per heavy atom. The van der Waals surface area contributed by atoms with Gasteiger partial charge in [-0.1, -0.05) is 40.7 Å². The molecule has 4 aliphatic rings. The number of esters is 6. The summed E-state index contributed by atoms with van der Waals surface area (Å²) in [7, 11) is 0. The number of hydrogen-bond donors (Lipinski definition) is 1. The monoisotopic (exact) mass is 706 g/mol. The van der Waals surface area contributed by atoms with E-state index < -0.39 is 94.8 Å². The Kier molecular flexibility index (Phi) is 11.6. The van der Waals surface area contributed by atoms with Gasteiger partial charge in [0.05, 0.1) is 17.9 Å². The lowest BCUT2D eigenvalue weighted by atomic mass is 9.52. The molecule has 14 nitrogen and oxygen atoms in total. The summed E-state index contributed by atoms with van der Waals surface area (Å²) in [4.78, 5) is 77.6. The van der Waals surface area contributed by atoms with Gasteiger partial charge >= 0.3 is 35.8 Å². The lowest BCUT2D eigenvalue weighted by Crippen LogP contribution is -2.72. The summed E-state index contributed by atoms with van der Waals surface area (Å²) in [5.74, 6) is -6.78. The fraction of sp³-hybridized carbons (Fsp3) is 0.722. The van der Waals surface area contributed by atoms with E-state index in [2.05, 4.69) is 0 Å². The summed E-state index contributed by atoms with van der Waals surface area (Å²) in [6, 6.07) is 0. The summed E-state index contributed by atoms with van der Waals surface area (Å²) < 4.78 is 41.4. The molecule has 278 valence electrons. The van der Waals surface area contributed by atoms with E-state index in [0.717, 1.165) is 6.92 Å². The Hall–Kier alpha value is -3.78. The van der Waals surface area contributed by atoms with Crippen molar-refractivity contribution in [3.05, 3.63) is 23.8 Å². The average molecular weight is 707 g/mol. The van der Waals surface area contributed by atoms with Crippen LogP contribution in [-0.4, -0.2) is 95.9 Å². The van der Waals surface area contributed by atoms with Gasteiger partial charge in [-0.05, 0) is 36.5 Å². The third-order valence-corrected chi connectivity index (χ3v) is 10.0. The Morgan fingerprint density at radius 3 is 1.96 bits per heavy atom. The molecule has 0 aromatic rings. The highest BCUT2D eigenvalue weighted by Gasteiger charge is 2.78. The summed E-state index contributed by atoms with van der Waals surface area (Å²) in [5, 5.41) is 12.9. The lowest BCUT2D eigenvalue weighted by Gasteiger charge is -2.57. The number of carbonyl (C=O) groups is 6. The van der Waals surface area contributed by atoms with E-state index in [0.29, 0.717) is 0 Å². The molecule has 14 heteroatoms. The van der Waals surface area contributed by atoms with E-state index in [1.54, 1.807) is 6.92 Å². The van der Waals surface area contributed by atoms with Crippen LogP contribution in [0.4, 0.5) is 0 Å². The summed E-state index contributed by atoms with van der Waals surface area (Å²) in [5.41, 5.74) is -5.09. The smallest absolute Gasteiger partial charge is 0.312 e. The molecule has 0 bridgehead atoms. The molecule has 0 aromatic carbocycles. The minimum absolute atomic E-state index is 0.0266. The highest BCUT2D eigenvalue weighted by Crippen LogP contribution is 2.62. The number of hydrogen-bond acceptors (Lipinski definition) is 14. The van der Waals surface area contributed by atoms with Crippen LogP contribution in [0.15, 0.2) is 23.8 Å². The normalized spacial score (nSPS) is 37.7. The summed E-state index contributed by atoms with van der Waals surface area (Å²) >= 11 is 0. The maximum atomic E-state index is 13.5. The molecule has 50 heavy (non-hydrogen) atoms. The van der Waals surface area contributed by atoms with Gasteiger partial charge in [0.25, 0.3) is 0 Å². The van der Waals surface area contributed by atoms with Gasteiger partial charge in [0, 0.05) is 46.0 Å². The first kappa shape index (κ1) is 39.0. The highest BCUT2D eigenvalue weighted by molar-refractivity contribution is 5.78. The Balaban J connectivity index is 2.06. The first-order valence-electron chi connectivity index (χ1n) is 17.1. The standard InChI is InChI=1S/C36H50O14/c1-18(2)12-29(40)48-26-15-27(49-30(41)13-19(3)4)35(17-45-35)31-32(47-23(8)39)36(43)20(5)33(42)50-28(36)14-24(16-44-21(6)37)10-11-25(34(26,31)9)46-22(7)38/h10-11,14,18-20,25-28,31-32,43H,12-13,15-17H2,1-9H3/b11-10-,24-14-/t20-,25-,26-,27+,28-,31+,32-,34-,35+,36-/m0/s1. The number of fused-ring (bicyclic) bond motifs is 3. The van der Waals surface area contributed by atoms with Crippen LogP contribution in [0.2, 0.25) is 0 Å². The van der Waals surface area contributed by atoms with Gasteiger partial charge < -0.3 is 38.3 Å². The number of epoxide rings is 1. The van der Waals surface area contributed by atoms with E-state index >= 15 is 0 Å². The number of ether oxygens (including phenoxy) is 7. The molecule has 1 spiro atoms. The minimum atomic E-state index is -2.31. The fourth-order valence-corrected chi connectivity index (χ4v) is 7.60. The van der Waals surface area contributed by atoms with Gasteiger partial charge in [0.2, 0.25) is 0 Å². The van der Waals surface area contributed by atoms with Crippen molar-refractivity contribution in [1.29, 1.82) is 0 Å². The molecule has 0 radical (unpaired) electrons. The second kappa shape index (κ2) is 14.8. The van der Waals surface area contributed by atoms with Crippen LogP contribution in [0.25, 0.3) is 0 Å². The largest absolute Gasteiger partial charge is 0.461 e. The van der Waals surface area contributed by atoms with Crippen LogP contribution in [0.5, 0.6) is 0 Å². The third kappa shape index (κ3) is 7.75. The van der Waals surface area contributed by atoms with Gasteiger partial charge in [-0.2, -0.15) is 0 Å². The highest BCUT2D eigenvalue weighted by atomic mass is 16.6. The number of rotatable bonds is 10. The molecular weight excluding hydrogens is 656 g/mol. The van der Waals surface area contributed by atoms with Crippen LogP contribution in [0, 0.1) is 29.1 Å². The van der Waals surface area contributed by atoms with Crippen molar-refractivity contribution in [3.63, 3.8) is 0 Å². The molecule has 10 atom stereocenters. The zero-order chi connectivity index (χ0) is 37.3. The lowest BCUT2D eigenvalue weighted by molar-refractivity contribution is -0.253. The summed E-state index contributed by atoms with van der Waals surface area (Å²) in [6.07, 6.45) is -2.22. The molecule has 0 amide bonds. The van der Waals surface area contributed by atoms with Gasteiger partial charge in [0.1, 0.15) is 36.6 Å². The quantitative estimate of drug-likeness (QED) is 0.198. The molecule has 1 N–H and O–H groups in total. The molecule has 2 heterocycles. The number of carbonyl (C=O) groups excluding carboxylic acids is 6. The second-order valence-electron chi connectivity index (χ2n) is 14.9. The third-order valence-electron chi connectivity index (χ3n) is 10.0. The first-order valence-corrected chi connectivity index (χ1v) is 17.1. The Morgan fingerprint density at radius 2 is 1.46 bits per heavy atom. The SMILES string of the molecule is CC(=O)OCC1=C\[C@@H]2OC(=O)[C@H](C)[C@@]2(O)[C@@H](OC(C)=O)[C@H]2[C@@]3(CO3)[C@H](OC(=O)CC(C)C)C[C@H](OC(=O)CC(C)C)[C@]2(C)[C@@H](OC(C)=O)/C=C\1. The summed E-state index contributed by atoms with van der Waals surface area (Å²) in [6.45, 7) is 13.6. The molecule has 2 aliphatic heterocycles.